The molecule has 1 N–H and O–H groups in total. The molecule has 3 heterocycles. The molecule has 10 heteroatoms. The van der Waals surface area contributed by atoms with Crippen LogP contribution in [0.5, 0.6) is 0 Å². The summed E-state index contributed by atoms with van der Waals surface area (Å²) < 4.78 is 56.6. The van der Waals surface area contributed by atoms with Gasteiger partial charge in [-0.25, -0.2) is 0 Å². The summed E-state index contributed by atoms with van der Waals surface area (Å²) in [5.74, 6) is -5.38. The van der Waals surface area contributed by atoms with Crippen molar-refractivity contribution < 1.29 is 17.6 Å². The molecule has 0 bridgehead atoms. The molecule has 5 nitrogen and oxygen atoms in total. The van der Waals surface area contributed by atoms with Crippen molar-refractivity contribution in [2.24, 2.45) is 0 Å². The third kappa shape index (κ3) is 2.79. The maximum atomic E-state index is 13.8. The minimum atomic E-state index is -1.64. The Kier molecular flexibility index (Phi) is 4.57. The van der Waals surface area contributed by atoms with Crippen molar-refractivity contribution in [2.75, 3.05) is 18.0 Å². The second-order valence-corrected chi connectivity index (χ2v) is 5.95. The maximum Gasteiger partial charge on any atom is 0.253 e. The minimum Gasteiger partial charge on any atom is -0.366 e. The van der Waals surface area contributed by atoms with Crippen LogP contribution in [0, 0.1) is 28.3 Å². The molecule has 24 heavy (non-hydrogen) atoms. The Morgan fingerprint density at radius 2 is 1.71 bits per heavy atom. The number of hydrogen-bond acceptors (Lipinski definition) is 4. The Balaban J connectivity index is 1.82. The summed E-state index contributed by atoms with van der Waals surface area (Å²) in [6, 6.07) is 0. The summed E-state index contributed by atoms with van der Waals surface area (Å²) in [4.78, 5) is 3.88. The summed E-state index contributed by atoms with van der Waals surface area (Å²) >= 11 is 5.15. The number of aromatic nitrogens is 4. The van der Waals surface area contributed by atoms with E-state index in [0.717, 1.165) is 5.82 Å². The summed E-state index contributed by atoms with van der Waals surface area (Å²) in [6.07, 6.45) is 1.06. The van der Waals surface area contributed by atoms with Crippen LogP contribution in [0.25, 0.3) is 0 Å². The van der Waals surface area contributed by atoms with Crippen molar-refractivity contribution >= 4 is 17.9 Å². The topological polar surface area (TPSA) is 49.7 Å². The first-order chi connectivity index (χ1) is 11.4. The van der Waals surface area contributed by atoms with E-state index in [0.29, 0.717) is 24.2 Å². The Labute approximate surface area is 140 Å². The van der Waals surface area contributed by atoms with E-state index in [1.54, 1.807) is 0 Å². The van der Waals surface area contributed by atoms with Gasteiger partial charge in [0, 0.05) is 25.6 Å². The number of piperidine rings is 1. The van der Waals surface area contributed by atoms with E-state index in [1.165, 1.54) is 4.90 Å². The SMILES string of the molecule is CCn1c(C2CCN(c3c(F)c(F)nc(F)c3F)CC2)n[nH]c1=S. The van der Waals surface area contributed by atoms with Gasteiger partial charge in [0.2, 0.25) is 11.6 Å². The van der Waals surface area contributed by atoms with Crippen molar-refractivity contribution in [2.45, 2.75) is 32.2 Å². The average molecular weight is 361 g/mol. The molecule has 3 rings (SSSR count). The van der Waals surface area contributed by atoms with Crippen molar-refractivity contribution in [1.29, 1.82) is 0 Å². The molecule has 1 aliphatic rings. The summed E-state index contributed by atoms with van der Waals surface area (Å²) in [6.45, 7) is 3.08. The molecule has 0 spiro atoms. The van der Waals surface area contributed by atoms with E-state index < -0.39 is 29.2 Å². The molecule has 0 radical (unpaired) electrons. The van der Waals surface area contributed by atoms with Gasteiger partial charge in [-0.05, 0) is 32.0 Å². The fraction of sp³-hybridized carbons (Fsp3) is 0.500. The van der Waals surface area contributed by atoms with Crippen LogP contribution in [0.15, 0.2) is 0 Å². The molecule has 2 aromatic heterocycles. The normalized spacial score (nSPS) is 16.0. The van der Waals surface area contributed by atoms with Gasteiger partial charge in [0.1, 0.15) is 11.5 Å². The van der Waals surface area contributed by atoms with E-state index >= 15 is 0 Å². The molecule has 2 aromatic rings. The van der Waals surface area contributed by atoms with Gasteiger partial charge in [-0.1, -0.05) is 0 Å². The third-order valence-electron chi connectivity index (χ3n) is 4.25. The van der Waals surface area contributed by atoms with Crippen molar-refractivity contribution in [3.8, 4) is 0 Å². The van der Waals surface area contributed by atoms with Crippen molar-refractivity contribution in [3.05, 3.63) is 34.1 Å². The number of pyridine rings is 1. The number of hydrogen-bond donors (Lipinski definition) is 1. The van der Waals surface area contributed by atoms with Crippen LogP contribution in [-0.4, -0.2) is 32.8 Å². The highest BCUT2D eigenvalue weighted by molar-refractivity contribution is 7.71. The molecule has 1 aliphatic heterocycles. The molecule has 0 aliphatic carbocycles. The molecule has 0 saturated carbocycles. The highest BCUT2D eigenvalue weighted by Gasteiger charge is 2.30. The third-order valence-corrected chi connectivity index (χ3v) is 4.57. The predicted octanol–water partition coefficient (Wildman–Crippen LogP) is 3.30. The predicted molar refractivity (Wildman–Crippen MR) is 81.3 cm³/mol. The van der Waals surface area contributed by atoms with Gasteiger partial charge >= 0.3 is 0 Å². The number of aromatic amines is 1. The van der Waals surface area contributed by atoms with Crippen LogP contribution in [0.4, 0.5) is 23.2 Å². The fourth-order valence-corrected chi connectivity index (χ4v) is 3.33. The van der Waals surface area contributed by atoms with E-state index in [2.05, 4.69) is 15.2 Å². The number of nitrogens with zero attached hydrogens (tertiary/aromatic N) is 4. The van der Waals surface area contributed by atoms with Gasteiger partial charge in [0.25, 0.3) is 11.9 Å². The van der Waals surface area contributed by atoms with Crippen LogP contribution in [0.3, 0.4) is 0 Å². The average Bonchev–Trinajstić information content (AvgIpc) is 2.94. The van der Waals surface area contributed by atoms with Crippen LogP contribution in [-0.2, 0) is 6.54 Å². The smallest absolute Gasteiger partial charge is 0.253 e. The molecule has 0 atom stereocenters. The van der Waals surface area contributed by atoms with E-state index in [9.17, 15) is 17.6 Å². The van der Waals surface area contributed by atoms with Crippen LogP contribution >= 0.6 is 12.2 Å². The van der Waals surface area contributed by atoms with Crippen molar-refractivity contribution in [3.63, 3.8) is 0 Å². The Hall–Kier alpha value is -1.97. The van der Waals surface area contributed by atoms with Gasteiger partial charge in [0.05, 0.1) is 0 Å². The first-order valence-electron chi connectivity index (χ1n) is 7.54. The summed E-state index contributed by atoms with van der Waals surface area (Å²) in [5.41, 5.74) is -0.701. The molecular weight excluding hydrogens is 346 g/mol. The number of H-pyrrole nitrogens is 1. The number of anilines is 1. The quantitative estimate of drug-likeness (QED) is 0.518. The van der Waals surface area contributed by atoms with Gasteiger partial charge in [-0.2, -0.15) is 27.6 Å². The summed E-state index contributed by atoms with van der Waals surface area (Å²) in [7, 11) is 0. The molecule has 1 fully saturated rings. The van der Waals surface area contributed by atoms with Crippen LogP contribution in [0.2, 0.25) is 0 Å². The monoisotopic (exact) mass is 361 g/mol. The maximum absolute atomic E-state index is 13.8. The summed E-state index contributed by atoms with van der Waals surface area (Å²) in [5, 5.41) is 6.96. The largest absolute Gasteiger partial charge is 0.366 e. The lowest BCUT2D eigenvalue weighted by Gasteiger charge is -2.33. The lowest BCUT2D eigenvalue weighted by molar-refractivity contribution is 0.396. The van der Waals surface area contributed by atoms with Crippen LogP contribution < -0.4 is 4.90 Å². The molecule has 130 valence electrons. The molecule has 0 unspecified atom stereocenters. The molecule has 0 aromatic carbocycles. The second-order valence-electron chi connectivity index (χ2n) is 5.56. The van der Waals surface area contributed by atoms with E-state index in [-0.39, 0.29) is 19.0 Å². The number of nitrogens with one attached hydrogen (secondary N) is 1. The lowest BCUT2D eigenvalue weighted by Crippen LogP contribution is -2.35. The first kappa shape index (κ1) is 16.9. The van der Waals surface area contributed by atoms with Gasteiger partial charge < -0.3 is 9.47 Å². The Morgan fingerprint density at radius 3 is 2.25 bits per heavy atom. The molecule has 1 saturated heterocycles. The molecular formula is C14H15F4N5S. The van der Waals surface area contributed by atoms with Gasteiger partial charge in [0.15, 0.2) is 4.77 Å². The lowest BCUT2D eigenvalue weighted by atomic mass is 9.95. The zero-order chi connectivity index (χ0) is 17.4. The Bertz CT molecular complexity index is 784. The van der Waals surface area contributed by atoms with Gasteiger partial charge in [-0.3, -0.25) is 5.10 Å². The Morgan fingerprint density at radius 1 is 1.12 bits per heavy atom. The second kappa shape index (κ2) is 6.50. The minimum absolute atomic E-state index is 0.0526. The fourth-order valence-electron chi connectivity index (χ4n) is 3.06. The number of halogens is 4. The zero-order valence-electron chi connectivity index (χ0n) is 12.8. The van der Waals surface area contributed by atoms with Crippen LogP contribution in [0.1, 0.15) is 31.5 Å². The highest BCUT2D eigenvalue weighted by Crippen LogP contribution is 2.33. The first-order valence-corrected chi connectivity index (χ1v) is 7.94. The van der Waals surface area contributed by atoms with E-state index in [1.807, 2.05) is 11.5 Å². The van der Waals surface area contributed by atoms with Gasteiger partial charge in [-0.15, -0.1) is 0 Å². The standard InChI is InChI=1S/C14H15F4N5S/c1-2-23-13(20-21-14(23)24)7-3-5-22(6-4-7)10-8(15)11(17)19-12(18)9(10)16/h7H,2-6H2,1H3,(H,21,24). The molecule has 0 amide bonds. The zero-order valence-corrected chi connectivity index (χ0v) is 13.6. The van der Waals surface area contributed by atoms with E-state index in [4.69, 9.17) is 12.2 Å². The number of rotatable bonds is 3. The highest BCUT2D eigenvalue weighted by atomic mass is 32.1. The van der Waals surface area contributed by atoms with Crippen molar-refractivity contribution in [1.82, 2.24) is 19.7 Å².